The molecule has 0 aliphatic heterocycles. The van der Waals surface area contributed by atoms with Crippen LogP contribution in [-0.4, -0.2) is 0 Å². The summed E-state index contributed by atoms with van der Waals surface area (Å²) in [5, 5.41) is 4.06. The minimum Gasteiger partial charge on any atom is -0.311 e. The standard InChI is InChI=1S/C60H43NS2/c1-3-11-40(12-4-1)47-35-48(41-13-5-2-6-14-41)37-49(36-47)44-23-31-52(32-24-44)61(50-27-19-42(20-28-50)45-25-33-59-55(38-45)53-15-7-9-17-57(53)62-59)51-29-21-43(22-30-51)46-26-34-60-56(39-46)54-16-8-10-18-58(54)63-60/h1-9,11-17,19-21,23-39,43H,10,18,22H2. The molecule has 2 heterocycles. The van der Waals surface area contributed by atoms with Crippen molar-refractivity contribution in [2.45, 2.75) is 25.2 Å². The van der Waals surface area contributed by atoms with E-state index < -0.39 is 0 Å². The number of benzene rings is 8. The number of hydrogen-bond donors (Lipinski definition) is 0. The molecule has 10 aromatic rings. The van der Waals surface area contributed by atoms with Crippen molar-refractivity contribution in [1.82, 2.24) is 0 Å². The van der Waals surface area contributed by atoms with Crippen LogP contribution >= 0.6 is 22.7 Å². The van der Waals surface area contributed by atoms with Crippen molar-refractivity contribution in [3.8, 4) is 44.5 Å². The van der Waals surface area contributed by atoms with Gasteiger partial charge in [0.2, 0.25) is 0 Å². The molecule has 8 aromatic carbocycles. The van der Waals surface area contributed by atoms with Gasteiger partial charge in [0.05, 0.1) is 0 Å². The Balaban J connectivity index is 0.904. The fraction of sp³-hybridized carbons (Fsp3) is 0.0667. The van der Waals surface area contributed by atoms with Crippen LogP contribution in [0.3, 0.4) is 0 Å². The van der Waals surface area contributed by atoms with E-state index in [1.54, 1.807) is 0 Å². The Labute approximate surface area is 376 Å². The molecule has 2 aliphatic carbocycles. The van der Waals surface area contributed by atoms with E-state index in [2.05, 4.69) is 223 Å². The van der Waals surface area contributed by atoms with E-state index in [9.17, 15) is 0 Å². The Morgan fingerprint density at radius 1 is 0.429 bits per heavy atom. The third-order valence-electron chi connectivity index (χ3n) is 12.9. The molecule has 1 nitrogen and oxygen atoms in total. The van der Waals surface area contributed by atoms with Gasteiger partial charge in [0.1, 0.15) is 0 Å². The van der Waals surface area contributed by atoms with Gasteiger partial charge >= 0.3 is 0 Å². The summed E-state index contributed by atoms with van der Waals surface area (Å²) >= 11 is 3.83. The predicted octanol–water partition coefficient (Wildman–Crippen LogP) is 17.7. The zero-order valence-electron chi connectivity index (χ0n) is 34.7. The van der Waals surface area contributed by atoms with Gasteiger partial charge in [0, 0.05) is 58.1 Å². The molecule has 3 heteroatoms. The molecular formula is C60H43NS2. The topological polar surface area (TPSA) is 3.24 Å². The number of thiophene rings is 2. The normalized spacial score (nSPS) is 14.6. The zero-order chi connectivity index (χ0) is 41.7. The van der Waals surface area contributed by atoms with Crippen LogP contribution in [0.4, 0.5) is 11.4 Å². The molecule has 1 unspecified atom stereocenters. The molecule has 0 saturated carbocycles. The lowest BCUT2D eigenvalue weighted by Gasteiger charge is -2.29. The zero-order valence-corrected chi connectivity index (χ0v) is 36.4. The number of aryl methyl sites for hydroxylation is 1. The molecule has 12 rings (SSSR count). The number of fused-ring (bicyclic) bond motifs is 6. The summed E-state index contributed by atoms with van der Waals surface area (Å²) in [6.45, 7) is 0. The van der Waals surface area contributed by atoms with Gasteiger partial charge in [-0.3, -0.25) is 0 Å². The average molecular weight is 842 g/mol. The highest BCUT2D eigenvalue weighted by Crippen LogP contribution is 2.42. The van der Waals surface area contributed by atoms with Crippen molar-refractivity contribution in [3.05, 3.63) is 234 Å². The predicted molar refractivity (Wildman–Crippen MR) is 273 cm³/mol. The second-order valence-electron chi connectivity index (χ2n) is 16.7. The van der Waals surface area contributed by atoms with Crippen LogP contribution in [0.25, 0.3) is 80.8 Å². The van der Waals surface area contributed by atoms with E-state index in [1.165, 1.54) is 96.5 Å². The first-order chi connectivity index (χ1) is 31.2. The average Bonchev–Trinajstić information content (AvgIpc) is 3.93. The smallest absolute Gasteiger partial charge is 0.0461 e. The van der Waals surface area contributed by atoms with Crippen LogP contribution in [-0.2, 0) is 6.42 Å². The quantitative estimate of drug-likeness (QED) is 0.147. The number of allylic oxidation sites excluding steroid dienone is 4. The SMILES string of the molecule is C1=Cc2c(sc3ccc(C4C=CC(N(c5ccc(-c6cc(-c7ccccc7)cc(-c7ccccc7)c6)cc5)c5ccc(-c6ccc7sc8ccccc8c7c6)cc5)=CC4)cc23)CC1. The van der Waals surface area contributed by atoms with Crippen LogP contribution < -0.4 is 4.90 Å². The van der Waals surface area contributed by atoms with E-state index >= 15 is 0 Å². The summed E-state index contributed by atoms with van der Waals surface area (Å²) in [4.78, 5) is 3.95. The molecule has 0 N–H and O–H groups in total. The third-order valence-corrected chi connectivity index (χ3v) is 15.3. The first-order valence-electron chi connectivity index (χ1n) is 22.0. The Morgan fingerprint density at radius 3 is 1.67 bits per heavy atom. The lowest BCUT2D eigenvalue weighted by molar-refractivity contribution is 0.841. The van der Waals surface area contributed by atoms with Crippen molar-refractivity contribution in [2.24, 2.45) is 0 Å². The second kappa shape index (κ2) is 16.0. The number of hydrogen-bond acceptors (Lipinski definition) is 3. The minimum absolute atomic E-state index is 0.326. The van der Waals surface area contributed by atoms with Crippen LogP contribution in [0, 0.1) is 0 Å². The summed E-state index contributed by atoms with van der Waals surface area (Å²) in [5.41, 5.74) is 16.0. The van der Waals surface area contributed by atoms with Crippen molar-refractivity contribution in [2.75, 3.05) is 4.90 Å². The molecule has 0 fully saturated rings. The Morgan fingerprint density at radius 2 is 1.00 bits per heavy atom. The molecule has 2 aromatic heterocycles. The first-order valence-corrected chi connectivity index (χ1v) is 23.6. The van der Waals surface area contributed by atoms with Gasteiger partial charge in [0.25, 0.3) is 0 Å². The van der Waals surface area contributed by atoms with Crippen LogP contribution in [0.1, 0.15) is 34.8 Å². The highest BCUT2D eigenvalue weighted by Gasteiger charge is 2.21. The molecule has 0 bridgehead atoms. The van der Waals surface area contributed by atoms with Gasteiger partial charge in [-0.15, -0.1) is 22.7 Å². The summed E-state index contributed by atoms with van der Waals surface area (Å²) in [6, 6.07) is 69.5. The summed E-state index contributed by atoms with van der Waals surface area (Å²) < 4.78 is 4.06. The molecule has 0 radical (unpaired) electrons. The van der Waals surface area contributed by atoms with E-state index in [1.807, 2.05) is 22.7 Å². The van der Waals surface area contributed by atoms with E-state index in [4.69, 9.17) is 0 Å². The van der Waals surface area contributed by atoms with Gasteiger partial charge < -0.3 is 4.90 Å². The second-order valence-corrected chi connectivity index (χ2v) is 19.0. The summed E-state index contributed by atoms with van der Waals surface area (Å²) in [7, 11) is 0. The molecule has 63 heavy (non-hydrogen) atoms. The molecule has 0 amide bonds. The highest BCUT2D eigenvalue weighted by molar-refractivity contribution is 7.25. The summed E-state index contributed by atoms with van der Waals surface area (Å²) in [5.74, 6) is 0.326. The van der Waals surface area contributed by atoms with Gasteiger partial charge in [-0.2, -0.15) is 0 Å². The molecule has 0 spiro atoms. The fourth-order valence-electron chi connectivity index (χ4n) is 9.57. The first kappa shape index (κ1) is 37.7. The fourth-order valence-corrected chi connectivity index (χ4v) is 11.8. The van der Waals surface area contributed by atoms with Crippen LogP contribution in [0.5, 0.6) is 0 Å². The van der Waals surface area contributed by atoms with Gasteiger partial charge in [-0.05, 0) is 154 Å². The maximum absolute atomic E-state index is 2.45. The maximum Gasteiger partial charge on any atom is 0.0461 e. The third kappa shape index (κ3) is 7.14. The van der Waals surface area contributed by atoms with Crippen molar-refractivity contribution in [1.29, 1.82) is 0 Å². The van der Waals surface area contributed by atoms with Crippen molar-refractivity contribution >= 4 is 70.4 Å². The number of nitrogens with zero attached hydrogens (tertiary/aromatic N) is 1. The van der Waals surface area contributed by atoms with Crippen LogP contribution in [0.2, 0.25) is 0 Å². The Kier molecular flexibility index (Phi) is 9.58. The number of rotatable bonds is 8. The van der Waals surface area contributed by atoms with E-state index in [-0.39, 0.29) is 0 Å². The molecular weight excluding hydrogens is 799 g/mol. The van der Waals surface area contributed by atoms with E-state index in [0.29, 0.717) is 5.92 Å². The minimum atomic E-state index is 0.326. The van der Waals surface area contributed by atoms with Gasteiger partial charge in [0.15, 0.2) is 0 Å². The Hall–Kier alpha value is -7.04. The van der Waals surface area contributed by atoms with E-state index in [0.717, 1.165) is 30.6 Å². The molecule has 300 valence electrons. The highest BCUT2D eigenvalue weighted by atomic mass is 32.1. The van der Waals surface area contributed by atoms with Crippen molar-refractivity contribution < 1.29 is 0 Å². The largest absolute Gasteiger partial charge is 0.311 e. The van der Waals surface area contributed by atoms with Crippen LogP contribution in [0.15, 0.2) is 218 Å². The maximum atomic E-state index is 2.45. The molecule has 0 saturated heterocycles. The Bertz CT molecular complexity index is 3340. The monoisotopic (exact) mass is 841 g/mol. The lowest BCUT2D eigenvalue weighted by Crippen LogP contribution is -2.17. The molecule has 1 atom stereocenters. The number of anilines is 2. The molecule has 2 aliphatic rings. The lowest BCUT2D eigenvalue weighted by atomic mass is 9.89. The van der Waals surface area contributed by atoms with Crippen molar-refractivity contribution in [3.63, 3.8) is 0 Å². The van der Waals surface area contributed by atoms with Gasteiger partial charge in [-0.1, -0.05) is 140 Å². The van der Waals surface area contributed by atoms with Gasteiger partial charge in [-0.25, -0.2) is 0 Å². The summed E-state index contributed by atoms with van der Waals surface area (Å²) in [6.07, 6.45) is 15.1.